The summed E-state index contributed by atoms with van der Waals surface area (Å²) in [7, 11) is -4.96. The molecule has 2 heterocycles. The van der Waals surface area contributed by atoms with Crippen molar-refractivity contribution in [1.29, 1.82) is 0 Å². The third-order valence-electron chi connectivity index (χ3n) is 6.03. The quantitative estimate of drug-likeness (QED) is 0.370. The van der Waals surface area contributed by atoms with Crippen molar-refractivity contribution in [3.05, 3.63) is 58.7 Å². The molecule has 1 unspecified atom stereocenters. The minimum absolute atomic E-state index is 0.0209. The van der Waals surface area contributed by atoms with E-state index < -0.39 is 38.6 Å². The minimum atomic E-state index is -5.07. The lowest BCUT2D eigenvalue weighted by molar-refractivity contribution is -0.138. The van der Waals surface area contributed by atoms with Crippen LogP contribution < -0.4 is 9.88 Å². The number of aryl methyl sites for hydroxylation is 1. The number of alkyl halides is 6. The molecule has 1 fully saturated rings. The fourth-order valence-electron chi connectivity index (χ4n) is 4.24. The maximum absolute atomic E-state index is 13.7. The van der Waals surface area contributed by atoms with Gasteiger partial charge < -0.3 is 4.74 Å². The summed E-state index contributed by atoms with van der Waals surface area (Å²) in [4.78, 5) is 3.63. The summed E-state index contributed by atoms with van der Waals surface area (Å²) in [6.07, 6.45) is -9.19. The number of nitrogens with two attached hydrogens (primary N) is 1. The first-order valence-electron chi connectivity index (χ1n) is 10.7. The predicted molar refractivity (Wildman–Crippen MR) is 122 cm³/mol. The van der Waals surface area contributed by atoms with Crippen molar-refractivity contribution < 1.29 is 39.5 Å². The lowest BCUT2D eigenvalue weighted by Gasteiger charge is -2.27. The van der Waals surface area contributed by atoms with E-state index in [0.29, 0.717) is 17.8 Å². The Morgan fingerprint density at radius 1 is 1.16 bits per heavy atom. The summed E-state index contributed by atoms with van der Waals surface area (Å²) in [5.41, 5.74) is -2.01. The lowest BCUT2D eigenvalue weighted by Crippen LogP contribution is -2.49. The molecule has 200 valence electrons. The zero-order valence-electron chi connectivity index (χ0n) is 18.9. The van der Waals surface area contributed by atoms with E-state index in [4.69, 9.17) is 21.5 Å². The van der Waals surface area contributed by atoms with Gasteiger partial charge in [-0.05, 0) is 37.5 Å². The topological polar surface area (TPSA) is 100 Å². The molecule has 37 heavy (non-hydrogen) atoms. The fourth-order valence-corrected chi connectivity index (χ4v) is 5.82. The van der Waals surface area contributed by atoms with Gasteiger partial charge in [-0.15, -0.1) is 0 Å². The molecule has 2 aromatic heterocycles. The number of sulfonamides is 1. The van der Waals surface area contributed by atoms with Crippen molar-refractivity contribution in [3.63, 3.8) is 0 Å². The number of ether oxygens (including phenoxy) is 1. The highest BCUT2D eigenvalue weighted by molar-refractivity contribution is 7.89. The maximum atomic E-state index is 13.7. The van der Waals surface area contributed by atoms with Crippen LogP contribution in [-0.2, 0) is 28.2 Å². The highest BCUT2D eigenvalue weighted by Gasteiger charge is 2.65. The van der Waals surface area contributed by atoms with Gasteiger partial charge in [0.2, 0.25) is 21.8 Å². The van der Waals surface area contributed by atoms with Crippen LogP contribution in [0.1, 0.15) is 30.9 Å². The van der Waals surface area contributed by atoms with Gasteiger partial charge in [0, 0.05) is 29.8 Å². The standard InChI is InChI=1S/C22H19ClF6N4O3S/c1-2-33-17(36-18-15(23)9-14(11-31-18)21(24,25)26)10-16(32-33)12-4-3-5-13(8-12)20(6-7-20)19(22(27,28)29)37(30,34)35/h3-5,8-11,19H,2,6-7H2,1H3,(H2,30,34,35). The van der Waals surface area contributed by atoms with Crippen LogP contribution in [0.15, 0.2) is 42.6 Å². The van der Waals surface area contributed by atoms with Gasteiger partial charge in [-0.2, -0.15) is 31.4 Å². The summed E-state index contributed by atoms with van der Waals surface area (Å²) >= 11 is 5.92. The van der Waals surface area contributed by atoms with Crippen LogP contribution in [0.5, 0.6) is 11.8 Å². The molecule has 0 saturated heterocycles. The van der Waals surface area contributed by atoms with Crippen LogP contribution in [0.25, 0.3) is 11.3 Å². The fraction of sp³-hybridized carbons (Fsp3) is 0.364. The SMILES string of the molecule is CCn1nc(-c2cccc(C3(C(C(F)(F)F)S(N)(=O)=O)CC3)c2)cc1Oc1ncc(C(F)(F)F)cc1Cl. The van der Waals surface area contributed by atoms with Gasteiger partial charge in [-0.1, -0.05) is 29.8 Å². The number of hydrogen-bond donors (Lipinski definition) is 1. The number of hydrogen-bond acceptors (Lipinski definition) is 5. The van der Waals surface area contributed by atoms with Crippen LogP contribution in [0.2, 0.25) is 5.02 Å². The molecular weight excluding hydrogens is 550 g/mol. The monoisotopic (exact) mass is 568 g/mol. The van der Waals surface area contributed by atoms with Gasteiger partial charge in [0.1, 0.15) is 5.02 Å². The predicted octanol–water partition coefficient (Wildman–Crippen LogP) is 5.68. The maximum Gasteiger partial charge on any atom is 0.417 e. The Labute approximate surface area is 212 Å². The molecule has 1 aliphatic rings. The van der Waals surface area contributed by atoms with E-state index in [-0.39, 0.29) is 47.4 Å². The molecule has 0 spiro atoms. The summed E-state index contributed by atoms with van der Waals surface area (Å²) in [5, 5.41) is 6.17. The Kier molecular flexibility index (Phi) is 6.74. The van der Waals surface area contributed by atoms with Gasteiger partial charge in [-0.3, -0.25) is 0 Å². The van der Waals surface area contributed by atoms with E-state index in [0.717, 1.165) is 0 Å². The van der Waals surface area contributed by atoms with Crippen LogP contribution in [0.4, 0.5) is 26.3 Å². The van der Waals surface area contributed by atoms with Crippen molar-refractivity contribution in [2.75, 3.05) is 0 Å². The summed E-state index contributed by atoms with van der Waals surface area (Å²) in [6.45, 7) is 1.97. The average Bonchev–Trinajstić information content (AvgIpc) is 3.44. The highest BCUT2D eigenvalue weighted by atomic mass is 35.5. The van der Waals surface area contributed by atoms with E-state index in [1.807, 2.05) is 0 Å². The van der Waals surface area contributed by atoms with Gasteiger partial charge in [-0.25, -0.2) is 23.2 Å². The smallest absolute Gasteiger partial charge is 0.417 e. The first-order valence-corrected chi connectivity index (χ1v) is 12.7. The largest absolute Gasteiger partial charge is 0.419 e. The van der Waals surface area contributed by atoms with Gasteiger partial charge >= 0.3 is 12.4 Å². The van der Waals surface area contributed by atoms with Crippen LogP contribution >= 0.6 is 11.6 Å². The Hall–Kier alpha value is -2.84. The molecule has 2 N–H and O–H groups in total. The second kappa shape index (κ2) is 9.17. The van der Waals surface area contributed by atoms with E-state index >= 15 is 0 Å². The summed E-state index contributed by atoms with van der Waals surface area (Å²) in [6, 6.07) is 7.93. The van der Waals surface area contributed by atoms with Crippen LogP contribution in [0.3, 0.4) is 0 Å². The zero-order valence-corrected chi connectivity index (χ0v) is 20.5. The van der Waals surface area contributed by atoms with Crippen molar-refractivity contribution in [2.24, 2.45) is 5.14 Å². The molecule has 7 nitrogen and oxygen atoms in total. The second-order valence-corrected chi connectivity index (χ2v) is 10.6. The number of primary sulfonamides is 1. The number of pyridine rings is 1. The minimum Gasteiger partial charge on any atom is -0.419 e. The third-order valence-corrected chi connectivity index (χ3v) is 7.67. The molecule has 15 heteroatoms. The summed E-state index contributed by atoms with van der Waals surface area (Å²) < 4.78 is 111. The molecule has 0 bridgehead atoms. The number of nitrogens with zero attached hydrogens (tertiary/aromatic N) is 3. The number of rotatable bonds is 7. The molecule has 1 aromatic carbocycles. The van der Waals surface area contributed by atoms with Crippen molar-refractivity contribution in [3.8, 4) is 23.0 Å². The second-order valence-electron chi connectivity index (χ2n) is 8.54. The van der Waals surface area contributed by atoms with Gasteiger partial charge in [0.05, 0.1) is 11.3 Å². The third kappa shape index (κ3) is 5.41. The molecule has 0 amide bonds. The van der Waals surface area contributed by atoms with Crippen LogP contribution in [-0.4, -0.2) is 34.6 Å². The van der Waals surface area contributed by atoms with E-state index in [1.54, 1.807) is 13.0 Å². The van der Waals surface area contributed by atoms with Gasteiger partial charge in [0.15, 0.2) is 5.25 Å². The molecule has 4 rings (SSSR count). The normalized spacial score (nSPS) is 16.5. The summed E-state index contributed by atoms with van der Waals surface area (Å²) in [5.74, 6) is -0.237. The zero-order chi connectivity index (χ0) is 27.4. The average molecular weight is 569 g/mol. The van der Waals surface area contributed by atoms with Crippen molar-refractivity contribution in [2.45, 2.75) is 49.3 Å². The highest BCUT2D eigenvalue weighted by Crippen LogP contribution is 2.57. The van der Waals surface area contributed by atoms with E-state index in [2.05, 4.69) is 10.1 Å². The molecule has 1 aliphatic carbocycles. The lowest BCUT2D eigenvalue weighted by atomic mass is 9.90. The molecular formula is C22H19ClF6N4O3S. The molecule has 3 aromatic rings. The number of halogens is 7. The number of benzene rings is 1. The first kappa shape index (κ1) is 27.2. The van der Waals surface area contributed by atoms with Crippen molar-refractivity contribution >= 4 is 21.6 Å². The Balaban J connectivity index is 1.69. The van der Waals surface area contributed by atoms with Crippen LogP contribution in [0, 0.1) is 0 Å². The van der Waals surface area contributed by atoms with Crippen molar-refractivity contribution in [1.82, 2.24) is 14.8 Å². The Morgan fingerprint density at radius 2 is 1.84 bits per heavy atom. The Bertz CT molecular complexity index is 1430. The molecule has 1 saturated carbocycles. The van der Waals surface area contributed by atoms with E-state index in [9.17, 15) is 34.8 Å². The van der Waals surface area contributed by atoms with Gasteiger partial charge in [0.25, 0.3) is 0 Å². The molecule has 1 atom stereocenters. The first-order chi connectivity index (χ1) is 17.1. The Morgan fingerprint density at radius 3 is 2.35 bits per heavy atom. The molecule has 0 radical (unpaired) electrons. The molecule has 0 aliphatic heterocycles. The number of aromatic nitrogens is 3. The van der Waals surface area contributed by atoms with E-state index in [1.165, 1.54) is 28.9 Å².